The summed E-state index contributed by atoms with van der Waals surface area (Å²) in [6.45, 7) is 3.61. The molecule has 0 amide bonds. The van der Waals surface area contributed by atoms with Crippen molar-refractivity contribution in [3.05, 3.63) is 0 Å². The van der Waals surface area contributed by atoms with Crippen molar-refractivity contribution >= 4 is 0 Å². The van der Waals surface area contributed by atoms with E-state index >= 15 is 0 Å². The van der Waals surface area contributed by atoms with E-state index in [9.17, 15) is 5.11 Å². The molecule has 1 atom stereocenters. The highest BCUT2D eigenvalue weighted by molar-refractivity contribution is 4.93. The first-order chi connectivity index (χ1) is 6.74. The van der Waals surface area contributed by atoms with Gasteiger partial charge in [-0.05, 0) is 51.0 Å². The van der Waals surface area contributed by atoms with Crippen molar-refractivity contribution in [1.29, 1.82) is 0 Å². The molecule has 2 nitrogen and oxygen atoms in total. The lowest BCUT2D eigenvalue weighted by atomic mass is 9.85. The summed E-state index contributed by atoms with van der Waals surface area (Å²) in [5.74, 6) is 1.61. The summed E-state index contributed by atoms with van der Waals surface area (Å²) in [5.41, 5.74) is -0.000903. The fourth-order valence-electron chi connectivity index (χ4n) is 2.59. The first-order valence-corrected chi connectivity index (χ1v) is 6.10. The van der Waals surface area contributed by atoms with Gasteiger partial charge in [0.25, 0.3) is 0 Å². The Bertz CT molecular complexity index is 185. The molecular weight excluding hydrogens is 174 g/mol. The third kappa shape index (κ3) is 2.29. The van der Waals surface area contributed by atoms with E-state index in [4.69, 9.17) is 0 Å². The Kier molecular flexibility index (Phi) is 3.13. The summed E-state index contributed by atoms with van der Waals surface area (Å²) in [5, 5.41) is 13.1. The van der Waals surface area contributed by atoms with Gasteiger partial charge >= 0.3 is 0 Å². The lowest BCUT2D eigenvalue weighted by Gasteiger charge is -2.35. The largest absolute Gasteiger partial charge is 0.394 e. The van der Waals surface area contributed by atoms with Gasteiger partial charge < -0.3 is 10.4 Å². The first kappa shape index (κ1) is 10.4. The zero-order valence-corrected chi connectivity index (χ0v) is 9.26. The van der Waals surface area contributed by atoms with Gasteiger partial charge in [0, 0.05) is 5.54 Å². The molecule has 0 radical (unpaired) electrons. The molecule has 14 heavy (non-hydrogen) atoms. The van der Waals surface area contributed by atoms with Gasteiger partial charge in [-0.15, -0.1) is 0 Å². The second-order valence-corrected chi connectivity index (χ2v) is 5.38. The predicted octanol–water partition coefficient (Wildman–Crippen LogP) is 1.93. The van der Waals surface area contributed by atoms with Crippen LogP contribution < -0.4 is 5.32 Å². The molecule has 0 aliphatic heterocycles. The van der Waals surface area contributed by atoms with Crippen LogP contribution in [0.25, 0.3) is 0 Å². The number of aliphatic hydroxyl groups is 1. The van der Waals surface area contributed by atoms with Crippen molar-refractivity contribution in [3.8, 4) is 0 Å². The van der Waals surface area contributed by atoms with Gasteiger partial charge in [-0.3, -0.25) is 0 Å². The number of rotatable bonds is 5. The minimum absolute atomic E-state index is 0.000903. The van der Waals surface area contributed by atoms with Crippen molar-refractivity contribution in [2.75, 3.05) is 13.2 Å². The SMILES string of the molecule is CC(CO)(NCC1CC1)C1CCCC1. The molecule has 0 aromatic carbocycles. The van der Waals surface area contributed by atoms with E-state index in [1.807, 2.05) is 0 Å². The van der Waals surface area contributed by atoms with Crippen molar-refractivity contribution in [2.45, 2.75) is 51.0 Å². The third-order valence-electron chi connectivity index (χ3n) is 4.08. The van der Waals surface area contributed by atoms with Gasteiger partial charge in [-0.1, -0.05) is 12.8 Å². The van der Waals surface area contributed by atoms with Crippen molar-refractivity contribution < 1.29 is 5.11 Å². The summed E-state index contributed by atoms with van der Waals surface area (Å²) >= 11 is 0. The van der Waals surface area contributed by atoms with Crippen LogP contribution in [0, 0.1) is 11.8 Å². The highest BCUT2D eigenvalue weighted by Crippen LogP contribution is 2.35. The van der Waals surface area contributed by atoms with E-state index in [0.717, 1.165) is 12.5 Å². The molecular formula is C12H23NO. The second kappa shape index (κ2) is 4.19. The van der Waals surface area contributed by atoms with Crippen LogP contribution in [0.3, 0.4) is 0 Å². The average Bonchev–Trinajstić information content (AvgIpc) is 2.87. The standard InChI is InChI=1S/C12H23NO/c1-12(9-14,11-4-2-3-5-11)13-8-10-6-7-10/h10-11,13-14H,2-9H2,1H3. The number of hydrogen-bond acceptors (Lipinski definition) is 2. The predicted molar refractivity (Wildman–Crippen MR) is 58.2 cm³/mol. The molecule has 2 fully saturated rings. The molecule has 1 unspecified atom stereocenters. The molecule has 2 N–H and O–H groups in total. The lowest BCUT2D eigenvalue weighted by molar-refractivity contribution is 0.119. The van der Waals surface area contributed by atoms with Gasteiger partial charge in [0.05, 0.1) is 6.61 Å². The fourth-order valence-corrected chi connectivity index (χ4v) is 2.59. The van der Waals surface area contributed by atoms with E-state index in [1.54, 1.807) is 0 Å². The zero-order valence-electron chi connectivity index (χ0n) is 9.26. The van der Waals surface area contributed by atoms with Crippen LogP contribution in [-0.4, -0.2) is 23.8 Å². The van der Waals surface area contributed by atoms with Crippen LogP contribution in [0.4, 0.5) is 0 Å². The zero-order chi connectivity index (χ0) is 10.0. The summed E-state index contributed by atoms with van der Waals surface area (Å²) in [7, 11) is 0. The molecule has 0 saturated heterocycles. The number of aliphatic hydroxyl groups excluding tert-OH is 1. The van der Waals surface area contributed by atoms with Crippen LogP contribution in [0.2, 0.25) is 0 Å². The monoisotopic (exact) mass is 197 g/mol. The van der Waals surface area contributed by atoms with E-state index < -0.39 is 0 Å². The van der Waals surface area contributed by atoms with Gasteiger partial charge in [0.1, 0.15) is 0 Å². The van der Waals surface area contributed by atoms with Crippen LogP contribution >= 0.6 is 0 Å². The maximum atomic E-state index is 9.52. The van der Waals surface area contributed by atoms with Crippen LogP contribution in [0.15, 0.2) is 0 Å². The third-order valence-corrected chi connectivity index (χ3v) is 4.08. The van der Waals surface area contributed by atoms with Gasteiger partial charge in [-0.2, -0.15) is 0 Å². The lowest BCUT2D eigenvalue weighted by Crippen LogP contribution is -2.51. The highest BCUT2D eigenvalue weighted by Gasteiger charge is 2.36. The Balaban J connectivity index is 1.85. The number of nitrogens with one attached hydrogen (secondary N) is 1. The van der Waals surface area contributed by atoms with E-state index in [-0.39, 0.29) is 5.54 Å². The molecule has 2 heteroatoms. The molecule has 0 aromatic heterocycles. The van der Waals surface area contributed by atoms with Crippen molar-refractivity contribution in [2.24, 2.45) is 11.8 Å². The maximum absolute atomic E-state index is 9.52. The summed E-state index contributed by atoms with van der Waals surface area (Å²) in [4.78, 5) is 0. The molecule has 0 heterocycles. The van der Waals surface area contributed by atoms with E-state index in [0.29, 0.717) is 12.5 Å². The Hall–Kier alpha value is -0.0800. The topological polar surface area (TPSA) is 32.3 Å². The quantitative estimate of drug-likeness (QED) is 0.706. The Morgan fingerprint density at radius 1 is 1.21 bits per heavy atom. The first-order valence-electron chi connectivity index (χ1n) is 6.10. The fraction of sp³-hybridized carbons (Fsp3) is 1.00. The maximum Gasteiger partial charge on any atom is 0.0613 e. The molecule has 0 spiro atoms. The van der Waals surface area contributed by atoms with Gasteiger partial charge in [-0.25, -0.2) is 0 Å². The normalized spacial score (nSPS) is 27.9. The molecule has 0 bridgehead atoms. The summed E-state index contributed by atoms with van der Waals surface area (Å²) < 4.78 is 0. The summed E-state index contributed by atoms with van der Waals surface area (Å²) in [6, 6.07) is 0. The van der Waals surface area contributed by atoms with Gasteiger partial charge in [0.15, 0.2) is 0 Å². The smallest absolute Gasteiger partial charge is 0.0613 e. The van der Waals surface area contributed by atoms with Crippen LogP contribution in [0.1, 0.15) is 45.4 Å². The molecule has 2 aliphatic carbocycles. The minimum atomic E-state index is -0.000903. The molecule has 2 aliphatic rings. The average molecular weight is 197 g/mol. The Labute approximate surface area is 87.1 Å². The molecule has 2 rings (SSSR count). The van der Waals surface area contributed by atoms with Crippen LogP contribution in [0.5, 0.6) is 0 Å². The molecule has 2 saturated carbocycles. The number of hydrogen-bond donors (Lipinski definition) is 2. The van der Waals surface area contributed by atoms with E-state index in [1.165, 1.54) is 38.5 Å². The second-order valence-electron chi connectivity index (χ2n) is 5.38. The minimum Gasteiger partial charge on any atom is -0.394 e. The Morgan fingerprint density at radius 3 is 2.36 bits per heavy atom. The summed E-state index contributed by atoms with van der Waals surface area (Å²) in [6.07, 6.45) is 8.08. The van der Waals surface area contributed by atoms with Crippen LogP contribution in [-0.2, 0) is 0 Å². The van der Waals surface area contributed by atoms with E-state index in [2.05, 4.69) is 12.2 Å². The van der Waals surface area contributed by atoms with Crippen molar-refractivity contribution in [3.63, 3.8) is 0 Å². The molecule has 82 valence electrons. The highest BCUT2D eigenvalue weighted by atomic mass is 16.3. The van der Waals surface area contributed by atoms with Gasteiger partial charge in [0.2, 0.25) is 0 Å². The Morgan fingerprint density at radius 2 is 1.86 bits per heavy atom. The molecule has 0 aromatic rings. The van der Waals surface area contributed by atoms with Crippen molar-refractivity contribution in [1.82, 2.24) is 5.32 Å².